The van der Waals surface area contributed by atoms with E-state index in [1.807, 2.05) is 0 Å². The molecule has 32 valence electrons. The standard InChI is InChI=1S/C5H6O/c6-5-3-1-2-4-5/h5-6H,1,3H2. The highest BCUT2D eigenvalue weighted by molar-refractivity contribution is 5.10. The molecule has 1 atom stereocenters. The molecule has 1 N–H and O–H groups in total. The highest BCUT2D eigenvalue weighted by Gasteiger charge is 2.00. The number of hydrogen-bond donors (Lipinski definition) is 1. The molecule has 0 saturated heterocycles. The van der Waals surface area contributed by atoms with Crippen molar-refractivity contribution in [2.45, 2.75) is 18.9 Å². The van der Waals surface area contributed by atoms with Gasteiger partial charge in [-0.25, -0.2) is 0 Å². The van der Waals surface area contributed by atoms with Gasteiger partial charge in [-0.2, -0.15) is 0 Å². The lowest BCUT2D eigenvalue weighted by Gasteiger charge is -1.87. The molecule has 0 aliphatic heterocycles. The van der Waals surface area contributed by atoms with Gasteiger partial charge in [-0.1, -0.05) is 5.92 Å². The zero-order valence-corrected chi connectivity index (χ0v) is 3.44. The normalized spacial score (nSPS) is 29.2. The molecule has 1 nitrogen and oxygen atoms in total. The Balaban J connectivity index is 2.45. The molecule has 0 aromatic rings. The average Bonchev–Trinajstić information content (AvgIpc) is 1.86. The van der Waals surface area contributed by atoms with E-state index in [4.69, 9.17) is 5.11 Å². The van der Waals surface area contributed by atoms with Gasteiger partial charge < -0.3 is 5.11 Å². The number of hydrogen-bond acceptors (Lipinski definition) is 1. The molecule has 0 heterocycles. The van der Waals surface area contributed by atoms with Crippen LogP contribution in [0, 0.1) is 11.8 Å². The Bertz CT molecular complexity index is 96.2. The Morgan fingerprint density at radius 1 is 1.67 bits per heavy atom. The second-order valence-corrected chi connectivity index (χ2v) is 1.38. The first-order chi connectivity index (χ1) is 2.89. The van der Waals surface area contributed by atoms with E-state index < -0.39 is 0 Å². The average molecular weight is 82.1 g/mol. The van der Waals surface area contributed by atoms with E-state index in [0.29, 0.717) is 0 Å². The van der Waals surface area contributed by atoms with Crippen molar-refractivity contribution in [1.29, 1.82) is 0 Å². The zero-order valence-electron chi connectivity index (χ0n) is 3.44. The minimum Gasteiger partial charge on any atom is -0.380 e. The molecule has 0 spiro atoms. The fourth-order valence-electron chi connectivity index (χ4n) is 0.471. The summed E-state index contributed by atoms with van der Waals surface area (Å²) in [4.78, 5) is 0. The van der Waals surface area contributed by atoms with E-state index >= 15 is 0 Å². The summed E-state index contributed by atoms with van der Waals surface area (Å²) >= 11 is 0. The molecule has 0 saturated carbocycles. The number of rotatable bonds is 0. The molecule has 0 amide bonds. The van der Waals surface area contributed by atoms with Crippen molar-refractivity contribution in [1.82, 2.24) is 0 Å². The van der Waals surface area contributed by atoms with Gasteiger partial charge in [-0.3, -0.25) is 0 Å². The molecule has 0 radical (unpaired) electrons. The van der Waals surface area contributed by atoms with Crippen LogP contribution in [0.1, 0.15) is 12.8 Å². The van der Waals surface area contributed by atoms with Crippen LogP contribution in [0.15, 0.2) is 0 Å². The van der Waals surface area contributed by atoms with Crippen LogP contribution in [0.2, 0.25) is 0 Å². The predicted molar refractivity (Wildman–Crippen MR) is 23.0 cm³/mol. The lowest BCUT2D eigenvalue weighted by Crippen LogP contribution is -1.94. The van der Waals surface area contributed by atoms with Crippen LogP contribution in [0.25, 0.3) is 0 Å². The Labute approximate surface area is 37.0 Å². The molecule has 0 aromatic carbocycles. The molecule has 6 heavy (non-hydrogen) atoms. The summed E-state index contributed by atoms with van der Waals surface area (Å²) < 4.78 is 0. The first kappa shape index (κ1) is 3.70. The van der Waals surface area contributed by atoms with Gasteiger partial charge in [0, 0.05) is 6.42 Å². The van der Waals surface area contributed by atoms with Crippen molar-refractivity contribution in [2.75, 3.05) is 0 Å². The van der Waals surface area contributed by atoms with Crippen LogP contribution in [0.4, 0.5) is 0 Å². The minimum absolute atomic E-state index is 0.315. The van der Waals surface area contributed by atoms with Gasteiger partial charge in [-0.15, -0.1) is 5.92 Å². The van der Waals surface area contributed by atoms with Crippen LogP contribution >= 0.6 is 0 Å². The Morgan fingerprint density at radius 3 is 2.67 bits per heavy atom. The predicted octanol–water partition coefficient (Wildman–Crippen LogP) is 0.144. The van der Waals surface area contributed by atoms with Gasteiger partial charge in [-0.05, 0) is 6.42 Å². The summed E-state index contributed by atoms with van der Waals surface area (Å²) in [6, 6.07) is 0. The zero-order chi connectivity index (χ0) is 4.41. The van der Waals surface area contributed by atoms with Crippen LogP contribution in [-0.4, -0.2) is 11.2 Å². The number of aliphatic hydroxyl groups is 1. The monoisotopic (exact) mass is 82.0 g/mol. The SMILES string of the molecule is OC1C#CCC1. The lowest BCUT2D eigenvalue weighted by atomic mass is 10.3. The summed E-state index contributed by atoms with van der Waals surface area (Å²) in [6.07, 6.45) is 1.38. The Hall–Kier alpha value is -0.480. The molecule has 0 aromatic heterocycles. The molecule has 0 bridgehead atoms. The first-order valence-corrected chi connectivity index (χ1v) is 2.06. The molecule has 1 rings (SSSR count). The molecule has 1 aliphatic rings. The maximum absolute atomic E-state index is 8.56. The van der Waals surface area contributed by atoms with E-state index in [2.05, 4.69) is 11.8 Å². The molecule has 0 fully saturated rings. The maximum atomic E-state index is 8.56. The number of aliphatic hydroxyl groups excluding tert-OH is 1. The topological polar surface area (TPSA) is 20.2 Å². The van der Waals surface area contributed by atoms with Gasteiger partial charge in [0.05, 0.1) is 0 Å². The van der Waals surface area contributed by atoms with Gasteiger partial charge >= 0.3 is 0 Å². The van der Waals surface area contributed by atoms with Gasteiger partial charge in [0.2, 0.25) is 0 Å². The fourth-order valence-corrected chi connectivity index (χ4v) is 0.471. The first-order valence-electron chi connectivity index (χ1n) is 2.06. The van der Waals surface area contributed by atoms with Crippen LogP contribution in [0.3, 0.4) is 0 Å². The van der Waals surface area contributed by atoms with E-state index in [1.165, 1.54) is 0 Å². The van der Waals surface area contributed by atoms with E-state index in [0.717, 1.165) is 12.8 Å². The summed E-state index contributed by atoms with van der Waals surface area (Å²) in [5, 5.41) is 8.56. The molecule has 1 aliphatic carbocycles. The highest BCUT2D eigenvalue weighted by atomic mass is 16.3. The summed E-state index contributed by atoms with van der Waals surface area (Å²) in [5.41, 5.74) is 0. The molecular weight excluding hydrogens is 76.1 g/mol. The second kappa shape index (κ2) is 1.32. The Kier molecular flexibility index (Phi) is 0.813. The van der Waals surface area contributed by atoms with Gasteiger partial charge in [0.15, 0.2) is 0 Å². The van der Waals surface area contributed by atoms with Gasteiger partial charge in [0.1, 0.15) is 6.10 Å². The van der Waals surface area contributed by atoms with Crippen LogP contribution < -0.4 is 0 Å². The molecule has 1 heteroatoms. The smallest absolute Gasteiger partial charge is 0.115 e. The second-order valence-electron chi connectivity index (χ2n) is 1.38. The Morgan fingerprint density at radius 2 is 2.50 bits per heavy atom. The third-order valence-electron chi connectivity index (χ3n) is 0.811. The van der Waals surface area contributed by atoms with Crippen molar-refractivity contribution < 1.29 is 5.11 Å². The molecular formula is C5H6O. The van der Waals surface area contributed by atoms with Crippen molar-refractivity contribution in [3.63, 3.8) is 0 Å². The van der Waals surface area contributed by atoms with Crippen molar-refractivity contribution in [3.8, 4) is 11.8 Å². The van der Waals surface area contributed by atoms with E-state index in [-0.39, 0.29) is 6.10 Å². The highest BCUT2D eigenvalue weighted by Crippen LogP contribution is 1.99. The van der Waals surface area contributed by atoms with E-state index in [1.54, 1.807) is 0 Å². The van der Waals surface area contributed by atoms with Crippen molar-refractivity contribution >= 4 is 0 Å². The van der Waals surface area contributed by atoms with Gasteiger partial charge in [0.25, 0.3) is 0 Å². The maximum Gasteiger partial charge on any atom is 0.115 e. The summed E-state index contributed by atoms with van der Waals surface area (Å²) in [5.74, 6) is 5.40. The third-order valence-corrected chi connectivity index (χ3v) is 0.811. The fraction of sp³-hybridized carbons (Fsp3) is 0.600. The largest absolute Gasteiger partial charge is 0.380 e. The molecule has 1 unspecified atom stereocenters. The quantitative estimate of drug-likeness (QED) is 0.412. The van der Waals surface area contributed by atoms with Crippen LogP contribution in [0.5, 0.6) is 0 Å². The summed E-state index contributed by atoms with van der Waals surface area (Å²) in [7, 11) is 0. The third kappa shape index (κ3) is 0.526. The minimum atomic E-state index is -0.315. The van der Waals surface area contributed by atoms with E-state index in [9.17, 15) is 0 Å². The van der Waals surface area contributed by atoms with Crippen molar-refractivity contribution in [3.05, 3.63) is 0 Å². The lowest BCUT2D eigenvalue weighted by molar-refractivity contribution is 0.230. The summed E-state index contributed by atoms with van der Waals surface area (Å²) in [6.45, 7) is 0. The van der Waals surface area contributed by atoms with Crippen molar-refractivity contribution in [2.24, 2.45) is 0 Å². The van der Waals surface area contributed by atoms with Crippen LogP contribution in [-0.2, 0) is 0 Å².